The Hall–Kier alpha value is -2.78. The summed E-state index contributed by atoms with van der Waals surface area (Å²) < 4.78 is 34.5. The van der Waals surface area contributed by atoms with Crippen molar-refractivity contribution in [1.29, 1.82) is 0 Å². The number of carbonyl (C=O) groups is 1. The van der Waals surface area contributed by atoms with Crippen LogP contribution in [0.3, 0.4) is 0 Å². The van der Waals surface area contributed by atoms with E-state index in [4.69, 9.17) is 4.74 Å². The van der Waals surface area contributed by atoms with Gasteiger partial charge in [-0.05, 0) is 31.2 Å². The minimum atomic E-state index is -0.885. The number of benzene rings is 2. The summed E-state index contributed by atoms with van der Waals surface area (Å²) in [5.74, 6) is -1.72. The zero-order valence-electron chi connectivity index (χ0n) is 16.2. The Morgan fingerprint density at radius 1 is 1.27 bits per heavy atom. The lowest BCUT2D eigenvalue weighted by atomic mass is 10.2. The average molecular weight is 431 g/mol. The molecule has 1 aliphatic heterocycles. The quantitative estimate of drug-likeness (QED) is 0.469. The smallest absolute Gasteiger partial charge is 0.266 e. The molecule has 156 valence electrons. The topological polar surface area (TPSA) is 64.4 Å². The minimum Gasteiger partial charge on any atom is -0.375 e. The zero-order valence-corrected chi connectivity index (χ0v) is 17.0. The summed E-state index contributed by atoms with van der Waals surface area (Å²) in [6.45, 7) is 3.35. The number of para-hydroxylation sites is 1. The summed E-state index contributed by atoms with van der Waals surface area (Å²) in [7, 11) is 0. The van der Waals surface area contributed by atoms with Crippen LogP contribution in [0.1, 0.15) is 6.92 Å². The van der Waals surface area contributed by atoms with Crippen LogP contribution in [-0.2, 0) is 9.53 Å². The molecule has 1 unspecified atom stereocenters. The molecule has 6 nitrogen and oxygen atoms in total. The number of aromatic nitrogens is 2. The number of nitrogens with zero attached hydrogens (tertiary/aromatic N) is 3. The number of carbonyl (C=O) groups excluding carboxylic acids is 1. The van der Waals surface area contributed by atoms with Crippen molar-refractivity contribution in [3.05, 3.63) is 64.5 Å². The molecule has 1 amide bonds. The van der Waals surface area contributed by atoms with Crippen LogP contribution in [0, 0.1) is 11.6 Å². The van der Waals surface area contributed by atoms with Gasteiger partial charge in [-0.2, -0.15) is 0 Å². The fourth-order valence-electron chi connectivity index (χ4n) is 3.35. The molecule has 2 heterocycles. The van der Waals surface area contributed by atoms with Gasteiger partial charge in [0.25, 0.3) is 5.56 Å². The maximum absolute atomic E-state index is 14.5. The number of halogens is 2. The van der Waals surface area contributed by atoms with Gasteiger partial charge in [0.15, 0.2) is 5.16 Å². The molecule has 1 saturated heterocycles. The number of morpholine rings is 1. The first-order valence-electron chi connectivity index (χ1n) is 9.43. The van der Waals surface area contributed by atoms with Crippen molar-refractivity contribution in [2.45, 2.75) is 18.2 Å². The maximum Gasteiger partial charge on any atom is 0.266 e. The van der Waals surface area contributed by atoms with E-state index in [-0.39, 0.29) is 28.6 Å². The maximum atomic E-state index is 14.5. The predicted molar refractivity (Wildman–Crippen MR) is 110 cm³/mol. The SMILES string of the molecule is CC1CN(C(=O)CSc2nc3ccccc3c(=O)n2-c2ccc(F)cc2F)CCO1. The van der Waals surface area contributed by atoms with Crippen molar-refractivity contribution in [3.63, 3.8) is 0 Å². The van der Waals surface area contributed by atoms with Crippen LogP contribution in [0.25, 0.3) is 16.6 Å². The summed E-state index contributed by atoms with van der Waals surface area (Å²) in [4.78, 5) is 31.9. The molecule has 4 rings (SSSR count). The fourth-order valence-corrected chi connectivity index (χ4v) is 4.26. The Bertz CT molecular complexity index is 1170. The van der Waals surface area contributed by atoms with Gasteiger partial charge in [0.05, 0.1) is 35.1 Å². The lowest BCUT2D eigenvalue weighted by Crippen LogP contribution is -2.45. The molecule has 9 heteroatoms. The molecule has 0 spiro atoms. The number of hydrogen-bond acceptors (Lipinski definition) is 5. The molecule has 1 atom stereocenters. The second-order valence-corrected chi connectivity index (χ2v) is 7.90. The van der Waals surface area contributed by atoms with Gasteiger partial charge in [0, 0.05) is 19.2 Å². The second-order valence-electron chi connectivity index (χ2n) is 6.96. The summed E-state index contributed by atoms with van der Waals surface area (Å²) in [5, 5.41) is 0.470. The number of hydrogen-bond donors (Lipinski definition) is 0. The van der Waals surface area contributed by atoms with E-state index >= 15 is 0 Å². The highest BCUT2D eigenvalue weighted by molar-refractivity contribution is 7.99. The second kappa shape index (κ2) is 8.53. The molecular weight excluding hydrogens is 412 g/mol. The molecule has 1 aromatic heterocycles. The van der Waals surface area contributed by atoms with Gasteiger partial charge in [-0.25, -0.2) is 13.8 Å². The van der Waals surface area contributed by atoms with Crippen LogP contribution in [0.2, 0.25) is 0 Å². The molecule has 0 aliphatic carbocycles. The van der Waals surface area contributed by atoms with Gasteiger partial charge in [0.2, 0.25) is 5.91 Å². The van der Waals surface area contributed by atoms with E-state index in [9.17, 15) is 18.4 Å². The Labute approximate surface area is 175 Å². The van der Waals surface area contributed by atoms with Crippen LogP contribution in [0.5, 0.6) is 0 Å². The van der Waals surface area contributed by atoms with E-state index in [1.54, 1.807) is 29.2 Å². The first-order chi connectivity index (χ1) is 14.4. The van der Waals surface area contributed by atoms with Crippen molar-refractivity contribution in [3.8, 4) is 5.69 Å². The van der Waals surface area contributed by atoms with Gasteiger partial charge in [-0.1, -0.05) is 23.9 Å². The average Bonchev–Trinajstić information content (AvgIpc) is 2.73. The predicted octanol–water partition coefficient (Wildman–Crippen LogP) is 3.00. The number of thioether (sulfide) groups is 1. The van der Waals surface area contributed by atoms with Crippen molar-refractivity contribution < 1.29 is 18.3 Å². The third-order valence-corrected chi connectivity index (χ3v) is 5.74. The number of amides is 1. The lowest BCUT2D eigenvalue weighted by molar-refractivity contribution is -0.135. The summed E-state index contributed by atoms with van der Waals surface area (Å²) in [5.41, 5.74) is -0.160. The molecule has 0 bridgehead atoms. The molecule has 0 radical (unpaired) electrons. The van der Waals surface area contributed by atoms with E-state index in [1.165, 1.54) is 6.07 Å². The van der Waals surface area contributed by atoms with Gasteiger partial charge >= 0.3 is 0 Å². The molecule has 2 aromatic carbocycles. The van der Waals surface area contributed by atoms with Crippen LogP contribution >= 0.6 is 11.8 Å². The number of ether oxygens (including phenoxy) is 1. The van der Waals surface area contributed by atoms with Gasteiger partial charge in [-0.15, -0.1) is 0 Å². The van der Waals surface area contributed by atoms with Crippen molar-refractivity contribution in [1.82, 2.24) is 14.5 Å². The van der Waals surface area contributed by atoms with Gasteiger partial charge < -0.3 is 9.64 Å². The lowest BCUT2D eigenvalue weighted by Gasteiger charge is -2.31. The first-order valence-corrected chi connectivity index (χ1v) is 10.4. The zero-order chi connectivity index (χ0) is 21.3. The Morgan fingerprint density at radius 2 is 2.07 bits per heavy atom. The summed E-state index contributed by atoms with van der Waals surface area (Å²) in [6, 6.07) is 9.69. The monoisotopic (exact) mass is 431 g/mol. The normalized spacial score (nSPS) is 16.8. The largest absolute Gasteiger partial charge is 0.375 e. The van der Waals surface area contributed by atoms with Crippen molar-refractivity contribution >= 4 is 28.6 Å². The molecule has 3 aromatic rings. The molecule has 30 heavy (non-hydrogen) atoms. The third kappa shape index (κ3) is 4.08. The van der Waals surface area contributed by atoms with Gasteiger partial charge in [-0.3, -0.25) is 14.2 Å². The number of rotatable bonds is 4. The van der Waals surface area contributed by atoms with Crippen LogP contribution in [-0.4, -0.2) is 51.9 Å². The molecule has 0 saturated carbocycles. The van der Waals surface area contributed by atoms with Crippen LogP contribution < -0.4 is 5.56 Å². The highest BCUT2D eigenvalue weighted by Gasteiger charge is 2.23. The van der Waals surface area contributed by atoms with E-state index in [1.807, 2.05) is 6.92 Å². The molecule has 0 N–H and O–H groups in total. The Kier molecular flexibility index (Phi) is 5.83. The summed E-state index contributed by atoms with van der Waals surface area (Å²) in [6.07, 6.45) is -0.0435. The Balaban J connectivity index is 1.72. The van der Waals surface area contributed by atoms with Crippen LogP contribution in [0.4, 0.5) is 8.78 Å². The van der Waals surface area contributed by atoms with E-state index < -0.39 is 17.2 Å². The summed E-state index contributed by atoms with van der Waals surface area (Å²) >= 11 is 1.05. The van der Waals surface area contributed by atoms with E-state index in [2.05, 4.69) is 4.98 Å². The van der Waals surface area contributed by atoms with Gasteiger partial charge in [0.1, 0.15) is 11.6 Å². The minimum absolute atomic E-state index is 0.0281. The molecular formula is C21H19F2N3O3S. The van der Waals surface area contributed by atoms with Crippen molar-refractivity contribution in [2.24, 2.45) is 0 Å². The van der Waals surface area contributed by atoms with E-state index in [0.29, 0.717) is 36.7 Å². The van der Waals surface area contributed by atoms with Crippen LogP contribution in [0.15, 0.2) is 52.4 Å². The standard InChI is InChI=1S/C21H19F2N3O3S/c1-13-11-25(8-9-29-13)19(27)12-30-21-24-17-5-3-2-4-15(17)20(28)26(21)18-7-6-14(22)10-16(18)23/h2-7,10,13H,8-9,11-12H2,1H3. The Morgan fingerprint density at radius 3 is 2.83 bits per heavy atom. The van der Waals surface area contributed by atoms with E-state index in [0.717, 1.165) is 22.4 Å². The molecule has 1 aliphatic rings. The highest BCUT2D eigenvalue weighted by atomic mass is 32.2. The fraction of sp³-hybridized carbons (Fsp3) is 0.286. The highest BCUT2D eigenvalue weighted by Crippen LogP contribution is 2.24. The molecule has 1 fully saturated rings. The number of fused-ring (bicyclic) bond motifs is 1. The van der Waals surface area contributed by atoms with Crippen molar-refractivity contribution in [2.75, 3.05) is 25.4 Å². The first kappa shape index (κ1) is 20.5. The third-order valence-electron chi connectivity index (χ3n) is 4.81.